The van der Waals surface area contributed by atoms with Crippen LogP contribution in [0.4, 0.5) is 0 Å². The molecule has 1 fully saturated rings. The lowest BCUT2D eigenvalue weighted by Crippen LogP contribution is -2.48. The van der Waals surface area contributed by atoms with Gasteiger partial charge in [-0.25, -0.2) is 4.98 Å². The van der Waals surface area contributed by atoms with Gasteiger partial charge in [-0.2, -0.15) is 0 Å². The monoisotopic (exact) mass is 286 g/mol. The molecule has 21 heavy (non-hydrogen) atoms. The van der Waals surface area contributed by atoms with Gasteiger partial charge in [0.2, 0.25) is 0 Å². The van der Waals surface area contributed by atoms with E-state index in [1.807, 2.05) is 26.0 Å². The minimum atomic E-state index is -0.527. The number of benzene rings is 1. The number of aliphatic hydroxyl groups excluding tert-OH is 1. The van der Waals surface area contributed by atoms with Crippen molar-refractivity contribution < 1.29 is 14.3 Å². The van der Waals surface area contributed by atoms with Gasteiger partial charge in [-0.15, -0.1) is 0 Å². The Balaban J connectivity index is 1.83. The molecule has 0 aliphatic carbocycles. The summed E-state index contributed by atoms with van der Waals surface area (Å²) in [5.74, 6) is 0.617. The van der Waals surface area contributed by atoms with Crippen LogP contribution in [0.15, 0.2) is 41.3 Å². The Morgan fingerprint density at radius 3 is 2.62 bits per heavy atom. The first-order chi connectivity index (χ1) is 10.00. The minimum Gasteiger partial charge on any atom is -0.444 e. The fourth-order valence-electron chi connectivity index (χ4n) is 2.73. The second kappa shape index (κ2) is 5.00. The van der Waals surface area contributed by atoms with Crippen molar-refractivity contribution >= 4 is 5.91 Å². The van der Waals surface area contributed by atoms with Crippen LogP contribution in [0.2, 0.25) is 0 Å². The van der Waals surface area contributed by atoms with Crippen molar-refractivity contribution in [2.24, 2.45) is 0 Å². The zero-order chi connectivity index (χ0) is 15.0. The number of carbonyl (C=O) groups is 1. The molecular weight excluding hydrogens is 268 g/mol. The van der Waals surface area contributed by atoms with Crippen molar-refractivity contribution in [3.63, 3.8) is 0 Å². The summed E-state index contributed by atoms with van der Waals surface area (Å²) in [6.07, 6.45) is 3.16. The summed E-state index contributed by atoms with van der Waals surface area (Å²) in [5.41, 5.74) is 0.964. The number of likely N-dealkylation sites (tertiary alicyclic amines) is 1. The zero-order valence-corrected chi connectivity index (χ0v) is 12.1. The molecule has 110 valence electrons. The fourth-order valence-corrected chi connectivity index (χ4v) is 2.73. The van der Waals surface area contributed by atoms with E-state index in [1.54, 1.807) is 23.2 Å². The van der Waals surface area contributed by atoms with Gasteiger partial charge in [0.25, 0.3) is 5.91 Å². The van der Waals surface area contributed by atoms with E-state index < -0.39 is 11.6 Å². The van der Waals surface area contributed by atoms with Crippen LogP contribution in [-0.4, -0.2) is 39.1 Å². The number of carbonyl (C=O) groups excluding carboxylic acids is 1. The van der Waals surface area contributed by atoms with Gasteiger partial charge in [0, 0.05) is 17.7 Å². The number of rotatable bonds is 2. The molecule has 5 nitrogen and oxygen atoms in total. The number of hydrogen-bond acceptors (Lipinski definition) is 4. The number of amides is 1. The standard InChI is InChI=1S/C16H18N2O3/c1-16(2)14(19)7-8-18(16)15(20)12-5-3-11(4-6-12)13-9-17-10-21-13/h3-6,9-10,14,19H,7-8H2,1-2H3. The summed E-state index contributed by atoms with van der Waals surface area (Å²) in [7, 11) is 0. The largest absolute Gasteiger partial charge is 0.444 e. The summed E-state index contributed by atoms with van der Waals surface area (Å²) < 4.78 is 5.23. The maximum Gasteiger partial charge on any atom is 0.254 e. The van der Waals surface area contributed by atoms with Crippen LogP contribution in [0.5, 0.6) is 0 Å². The van der Waals surface area contributed by atoms with E-state index in [0.717, 1.165) is 5.56 Å². The predicted molar refractivity (Wildman–Crippen MR) is 77.7 cm³/mol. The van der Waals surface area contributed by atoms with Crippen LogP contribution in [-0.2, 0) is 0 Å². The molecule has 0 radical (unpaired) electrons. The quantitative estimate of drug-likeness (QED) is 0.920. The highest BCUT2D eigenvalue weighted by atomic mass is 16.3. The molecule has 1 atom stereocenters. The van der Waals surface area contributed by atoms with Gasteiger partial charge in [0.1, 0.15) is 0 Å². The Hall–Kier alpha value is -2.14. The van der Waals surface area contributed by atoms with Crippen LogP contribution >= 0.6 is 0 Å². The Bertz CT molecular complexity index is 632. The summed E-state index contributed by atoms with van der Waals surface area (Å²) >= 11 is 0. The highest BCUT2D eigenvalue weighted by Crippen LogP contribution is 2.30. The number of aliphatic hydroxyl groups is 1. The van der Waals surface area contributed by atoms with Gasteiger partial charge in [0.05, 0.1) is 17.8 Å². The summed E-state index contributed by atoms with van der Waals surface area (Å²) in [5, 5.41) is 9.98. The Morgan fingerprint density at radius 1 is 1.38 bits per heavy atom. The van der Waals surface area contributed by atoms with E-state index in [-0.39, 0.29) is 5.91 Å². The van der Waals surface area contributed by atoms with Crippen molar-refractivity contribution in [1.82, 2.24) is 9.88 Å². The first-order valence-electron chi connectivity index (χ1n) is 6.99. The normalized spacial score (nSPS) is 20.7. The average Bonchev–Trinajstić information content (AvgIpc) is 3.08. The lowest BCUT2D eigenvalue weighted by atomic mass is 9.98. The number of nitrogens with zero attached hydrogens (tertiary/aromatic N) is 2. The molecule has 1 aromatic heterocycles. The molecule has 0 saturated carbocycles. The van der Waals surface area contributed by atoms with Crippen molar-refractivity contribution in [3.05, 3.63) is 42.4 Å². The third-order valence-electron chi connectivity index (χ3n) is 4.23. The molecule has 0 bridgehead atoms. The predicted octanol–water partition coefficient (Wildman–Crippen LogP) is 2.33. The first kappa shape index (κ1) is 13.8. The van der Waals surface area contributed by atoms with Crippen LogP contribution in [0.3, 0.4) is 0 Å². The van der Waals surface area contributed by atoms with Gasteiger partial charge >= 0.3 is 0 Å². The van der Waals surface area contributed by atoms with Crippen LogP contribution in [0.25, 0.3) is 11.3 Å². The van der Waals surface area contributed by atoms with Crippen molar-refractivity contribution in [2.45, 2.75) is 31.9 Å². The molecule has 2 heterocycles. The van der Waals surface area contributed by atoms with Crippen LogP contribution in [0.1, 0.15) is 30.6 Å². The van der Waals surface area contributed by atoms with E-state index in [0.29, 0.717) is 24.3 Å². The molecular formula is C16H18N2O3. The number of oxazole rings is 1. The molecule has 1 aliphatic heterocycles. The molecule has 5 heteroatoms. The molecule has 3 rings (SSSR count). The minimum absolute atomic E-state index is 0.0549. The number of hydrogen-bond donors (Lipinski definition) is 1. The van der Waals surface area contributed by atoms with E-state index in [1.165, 1.54) is 6.39 Å². The molecule has 1 amide bonds. The zero-order valence-electron chi connectivity index (χ0n) is 12.1. The second-order valence-corrected chi connectivity index (χ2v) is 5.86. The first-order valence-corrected chi connectivity index (χ1v) is 6.99. The summed E-state index contributed by atoms with van der Waals surface area (Å²) in [6, 6.07) is 7.24. The van der Waals surface area contributed by atoms with Gasteiger partial charge in [-0.3, -0.25) is 4.79 Å². The van der Waals surface area contributed by atoms with E-state index in [2.05, 4.69) is 4.98 Å². The lowest BCUT2D eigenvalue weighted by molar-refractivity contribution is 0.0394. The molecule has 1 aliphatic rings. The fraction of sp³-hybridized carbons (Fsp3) is 0.375. The summed E-state index contributed by atoms with van der Waals surface area (Å²) in [6.45, 7) is 4.37. The van der Waals surface area contributed by atoms with Gasteiger partial charge in [0.15, 0.2) is 12.2 Å². The molecule has 1 unspecified atom stereocenters. The van der Waals surface area contributed by atoms with E-state index in [9.17, 15) is 9.90 Å². The molecule has 1 saturated heterocycles. The SMILES string of the molecule is CC1(C)C(O)CCN1C(=O)c1ccc(-c2cnco2)cc1. The maximum atomic E-state index is 12.6. The van der Waals surface area contributed by atoms with Crippen molar-refractivity contribution in [2.75, 3.05) is 6.54 Å². The third-order valence-corrected chi connectivity index (χ3v) is 4.23. The molecule has 1 N–H and O–H groups in total. The average molecular weight is 286 g/mol. The van der Waals surface area contributed by atoms with Crippen molar-refractivity contribution in [3.8, 4) is 11.3 Å². The lowest BCUT2D eigenvalue weighted by Gasteiger charge is -2.33. The van der Waals surface area contributed by atoms with Gasteiger partial charge < -0.3 is 14.4 Å². The molecule has 0 spiro atoms. The van der Waals surface area contributed by atoms with E-state index >= 15 is 0 Å². The molecule has 1 aromatic carbocycles. The smallest absolute Gasteiger partial charge is 0.254 e. The second-order valence-electron chi connectivity index (χ2n) is 5.86. The molecule has 2 aromatic rings. The Morgan fingerprint density at radius 2 is 2.10 bits per heavy atom. The number of aromatic nitrogens is 1. The van der Waals surface area contributed by atoms with Gasteiger partial charge in [-0.1, -0.05) is 12.1 Å². The Labute approximate surface area is 123 Å². The third kappa shape index (κ3) is 2.34. The Kier molecular flexibility index (Phi) is 3.29. The highest BCUT2D eigenvalue weighted by molar-refractivity contribution is 5.95. The maximum absolute atomic E-state index is 12.6. The summed E-state index contributed by atoms with van der Waals surface area (Å²) in [4.78, 5) is 18.2. The van der Waals surface area contributed by atoms with Crippen LogP contribution in [0, 0.1) is 0 Å². The highest BCUT2D eigenvalue weighted by Gasteiger charge is 2.42. The van der Waals surface area contributed by atoms with Crippen LogP contribution < -0.4 is 0 Å². The topological polar surface area (TPSA) is 66.6 Å². The van der Waals surface area contributed by atoms with E-state index in [4.69, 9.17) is 4.42 Å². The van der Waals surface area contributed by atoms with Gasteiger partial charge in [-0.05, 0) is 32.4 Å². The van der Waals surface area contributed by atoms with Crippen molar-refractivity contribution in [1.29, 1.82) is 0 Å².